The number of aryl methyl sites for hydroxylation is 1. The summed E-state index contributed by atoms with van der Waals surface area (Å²) in [5.41, 5.74) is 6.56. The third-order valence-corrected chi connectivity index (χ3v) is 8.24. The van der Waals surface area contributed by atoms with E-state index in [9.17, 15) is 23.4 Å². The maximum absolute atomic E-state index is 14.2. The number of halogens is 3. The molecule has 0 aliphatic carbocycles. The fraction of sp³-hybridized carbons (Fsp3) is 0.353. The predicted molar refractivity (Wildman–Crippen MR) is 179 cm³/mol. The number of nitrogen functional groups attached to an aromatic ring is 1. The average molecular weight is 684 g/mol. The fourth-order valence-electron chi connectivity index (χ4n) is 5.47. The minimum atomic E-state index is -4.61. The zero-order valence-corrected chi connectivity index (χ0v) is 27.6. The van der Waals surface area contributed by atoms with Gasteiger partial charge in [-0.25, -0.2) is 4.98 Å². The van der Waals surface area contributed by atoms with Crippen LogP contribution in [0.3, 0.4) is 0 Å². The van der Waals surface area contributed by atoms with Gasteiger partial charge in [0.05, 0.1) is 25.5 Å². The van der Waals surface area contributed by atoms with Gasteiger partial charge in [-0.05, 0) is 55.4 Å². The Morgan fingerprint density at radius 3 is 2.39 bits per heavy atom. The van der Waals surface area contributed by atoms with Crippen molar-refractivity contribution in [2.75, 3.05) is 63.4 Å². The van der Waals surface area contributed by atoms with Gasteiger partial charge in [-0.2, -0.15) is 18.2 Å². The Hall–Kier alpha value is -4.83. The van der Waals surface area contributed by atoms with E-state index in [1.54, 1.807) is 37.3 Å². The number of aliphatic hydroxyl groups excluding tert-OH is 2. The standard InChI is InChI=1S/C34H40F3N7O5/c1-21-5-8-24(40-31(45)22-6-7-23(26(17-22)34(35,36)37)20-43-15-13-42(2)14-16-43)18-28(21)49-33(46)44(30-11-12-39-32(38)41-30)27-10-9-25(47-3)19-29(27)48-4/h5-12,17-19,31,33,40,45-46H,13-16,20H2,1-4H3,(H2,38,39,41). The zero-order valence-electron chi connectivity index (χ0n) is 27.6. The number of nitrogens with zero attached hydrogens (tertiary/aromatic N) is 5. The van der Waals surface area contributed by atoms with Gasteiger partial charge in [-0.15, -0.1) is 0 Å². The van der Waals surface area contributed by atoms with Crippen molar-refractivity contribution in [1.82, 2.24) is 19.8 Å². The molecule has 262 valence electrons. The number of nitrogens with one attached hydrogen (secondary N) is 1. The van der Waals surface area contributed by atoms with Gasteiger partial charge < -0.3 is 40.4 Å². The Morgan fingerprint density at radius 2 is 1.71 bits per heavy atom. The normalized spacial score (nSPS) is 15.4. The first-order valence-corrected chi connectivity index (χ1v) is 15.5. The number of benzene rings is 3. The molecule has 1 aliphatic rings. The van der Waals surface area contributed by atoms with Gasteiger partial charge in [0.1, 0.15) is 23.1 Å². The second-order valence-corrected chi connectivity index (χ2v) is 11.6. The van der Waals surface area contributed by atoms with Gasteiger partial charge in [-0.3, -0.25) is 9.80 Å². The number of ether oxygens (including phenoxy) is 3. The molecule has 49 heavy (non-hydrogen) atoms. The van der Waals surface area contributed by atoms with E-state index in [4.69, 9.17) is 19.9 Å². The van der Waals surface area contributed by atoms with E-state index in [2.05, 4.69) is 20.2 Å². The predicted octanol–water partition coefficient (Wildman–Crippen LogP) is 4.75. The maximum Gasteiger partial charge on any atom is 0.416 e. The molecule has 1 saturated heterocycles. The van der Waals surface area contributed by atoms with Crippen molar-refractivity contribution < 1.29 is 37.6 Å². The van der Waals surface area contributed by atoms with Crippen molar-refractivity contribution in [3.63, 3.8) is 0 Å². The molecule has 1 aliphatic heterocycles. The van der Waals surface area contributed by atoms with Gasteiger partial charge >= 0.3 is 6.18 Å². The lowest BCUT2D eigenvalue weighted by molar-refractivity contribution is -0.138. The molecule has 0 amide bonds. The van der Waals surface area contributed by atoms with Crippen LogP contribution in [0.2, 0.25) is 0 Å². The number of piperazine rings is 1. The van der Waals surface area contributed by atoms with E-state index in [0.29, 0.717) is 41.5 Å². The van der Waals surface area contributed by atoms with Gasteiger partial charge in [0.15, 0.2) is 6.23 Å². The van der Waals surface area contributed by atoms with Gasteiger partial charge in [0.2, 0.25) is 5.95 Å². The summed E-state index contributed by atoms with van der Waals surface area (Å²) < 4.78 is 59.4. The van der Waals surface area contributed by atoms with Crippen LogP contribution in [0, 0.1) is 6.92 Å². The molecule has 0 saturated carbocycles. The number of hydrogen-bond acceptors (Lipinski definition) is 12. The SMILES string of the molecule is COc1ccc(N(c2ccnc(N)n2)C(O)Oc2cc(NC(O)c3ccc(CN4CCN(C)CC4)c(C(F)(F)F)c3)ccc2C)c(OC)c1. The van der Waals surface area contributed by atoms with Crippen molar-refractivity contribution in [2.24, 2.45) is 0 Å². The minimum Gasteiger partial charge on any atom is -0.497 e. The number of hydrogen-bond donors (Lipinski definition) is 4. The van der Waals surface area contributed by atoms with Crippen LogP contribution in [-0.4, -0.2) is 83.8 Å². The van der Waals surface area contributed by atoms with E-state index < -0.39 is 24.4 Å². The number of rotatable bonds is 12. The van der Waals surface area contributed by atoms with E-state index in [1.165, 1.54) is 49.6 Å². The average Bonchev–Trinajstić information content (AvgIpc) is 3.07. The number of likely N-dealkylation sites (N-methyl/N-ethyl adjacent to an activating group) is 1. The summed E-state index contributed by atoms with van der Waals surface area (Å²) in [5.74, 6) is 1.21. The first-order chi connectivity index (χ1) is 23.4. The summed E-state index contributed by atoms with van der Waals surface area (Å²) in [7, 11) is 4.95. The van der Waals surface area contributed by atoms with Crippen LogP contribution < -0.4 is 30.2 Å². The van der Waals surface area contributed by atoms with Gasteiger partial charge in [-0.1, -0.05) is 18.2 Å². The number of anilines is 4. The van der Waals surface area contributed by atoms with E-state index in [-0.39, 0.29) is 35.2 Å². The second-order valence-electron chi connectivity index (χ2n) is 11.6. The Kier molecular flexibility index (Phi) is 11.0. The summed E-state index contributed by atoms with van der Waals surface area (Å²) >= 11 is 0. The maximum atomic E-state index is 14.2. The topological polar surface area (TPSA) is 142 Å². The van der Waals surface area contributed by atoms with Crippen LogP contribution in [0.15, 0.2) is 66.9 Å². The summed E-state index contributed by atoms with van der Waals surface area (Å²) in [5, 5.41) is 25.3. The molecule has 1 aromatic heterocycles. The Bertz CT molecular complexity index is 1740. The third-order valence-electron chi connectivity index (χ3n) is 8.24. The molecule has 0 spiro atoms. The monoisotopic (exact) mass is 683 g/mol. The number of nitrogens with two attached hydrogens (primary N) is 1. The second kappa shape index (κ2) is 15.2. The highest BCUT2D eigenvalue weighted by Gasteiger charge is 2.35. The summed E-state index contributed by atoms with van der Waals surface area (Å²) in [4.78, 5) is 13.6. The van der Waals surface area contributed by atoms with E-state index >= 15 is 0 Å². The molecule has 0 bridgehead atoms. The molecule has 3 aromatic carbocycles. The number of aliphatic hydroxyl groups is 2. The molecule has 2 atom stereocenters. The lowest BCUT2D eigenvalue weighted by atomic mass is 10.0. The van der Waals surface area contributed by atoms with Crippen LogP contribution in [-0.2, 0) is 12.7 Å². The first kappa shape index (κ1) is 35.5. The molecule has 5 rings (SSSR count). The molecule has 12 nitrogen and oxygen atoms in total. The van der Waals surface area contributed by atoms with Crippen LogP contribution in [0.25, 0.3) is 0 Å². The van der Waals surface area contributed by atoms with Gasteiger partial charge in [0, 0.05) is 62.3 Å². The van der Waals surface area contributed by atoms with E-state index in [1.807, 2.05) is 11.9 Å². The Morgan fingerprint density at radius 1 is 0.959 bits per heavy atom. The smallest absolute Gasteiger partial charge is 0.416 e. The highest BCUT2D eigenvalue weighted by Crippen LogP contribution is 2.39. The van der Waals surface area contributed by atoms with Crippen LogP contribution in [0.5, 0.6) is 17.2 Å². The summed E-state index contributed by atoms with van der Waals surface area (Å²) in [6.07, 6.45) is -6.35. The molecule has 4 aromatic rings. The molecule has 5 N–H and O–H groups in total. The first-order valence-electron chi connectivity index (χ1n) is 15.5. The minimum absolute atomic E-state index is 0.0386. The highest BCUT2D eigenvalue weighted by atomic mass is 19.4. The van der Waals surface area contributed by atoms with Gasteiger partial charge in [0.25, 0.3) is 6.41 Å². The summed E-state index contributed by atoms with van der Waals surface area (Å²) in [6.45, 7) is 4.82. The molecular formula is C34H40F3N7O5. The van der Waals surface area contributed by atoms with Crippen molar-refractivity contribution in [1.29, 1.82) is 0 Å². The summed E-state index contributed by atoms with van der Waals surface area (Å²) in [6, 6.07) is 15.2. The lowest BCUT2D eigenvalue weighted by Gasteiger charge is -2.33. The molecule has 0 radical (unpaired) electrons. The Balaban J connectivity index is 1.38. The molecule has 15 heteroatoms. The number of methoxy groups -OCH3 is 2. The quantitative estimate of drug-likeness (QED) is 0.153. The zero-order chi connectivity index (χ0) is 35.3. The van der Waals surface area contributed by atoms with Crippen molar-refractivity contribution >= 4 is 23.1 Å². The van der Waals surface area contributed by atoms with Crippen LogP contribution in [0.4, 0.5) is 36.3 Å². The van der Waals surface area contributed by atoms with Crippen LogP contribution >= 0.6 is 0 Å². The molecule has 2 heterocycles. The number of alkyl halides is 3. The van der Waals surface area contributed by atoms with Crippen molar-refractivity contribution in [3.05, 3.63) is 89.1 Å². The van der Waals surface area contributed by atoms with Crippen molar-refractivity contribution in [2.45, 2.75) is 32.3 Å². The highest BCUT2D eigenvalue weighted by molar-refractivity contribution is 5.69. The molecule has 1 fully saturated rings. The third kappa shape index (κ3) is 8.61. The fourth-order valence-corrected chi connectivity index (χ4v) is 5.47. The molecule has 2 unspecified atom stereocenters. The Labute approximate surface area is 282 Å². The largest absolute Gasteiger partial charge is 0.497 e. The van der Waals surface area contributed by atoms with E-state index in [0.717, 1.165) is 19.2 Å². The van der Waals surface area contributed by atoms with Crippen LogP contribution in [0.1, 0.15) is 28.5 Å². The lowest BCUT2D eigenvalue weighted by Crippen LogP contribution is -2.44. The van der Waals surface area contributed by atoms with Crippen molar-refractivity contribution in [3.8, 4) is 17.2 Å². The molecular weight excluding hydrogens is 643 g/mol. The number of aromatic nitrogens is 2.